The van der Waals surface area contributed by atoms with Crippen molar-refractivity contribution >= 4 is 5.95 Å². The third-order valence-corrected chi connectivity index (χ3v) is 4.21. The molecule has 1 atom stereocenters. The third-order valence-electron chi connectivity index (χ3n) is 4.21. The molecular formula is C18H22FN3O2. The molecule has 1 aromatic carbocycles. The van der Waals surface area contributed by atoms with Crippen LogP contribution in [0.15, 0.2) is 30.3 Å². The molecule has 1 aromatic heterocycles. The smallest absolute Gasteiger partial charge is 0.225 e. The Bertz CT molecular complexity index is 705. The SMILES string of the molecule is Cc1cc(C)nc(N2CCO[C@@](CO)(Cc3cccc(F)c3)C2)n1. The van der Waals surface area contributed by atoms with Gasteiger partial charge in [-0.3, -0.25) is 0 Å². The Hall–Kier alpha value is -2.05. The molecule has 128 valence electrons. The summed E-state index contributed by atoms with van der Waals surface area (Å²) < 4.78 is 19.3. The Kier molecular flexibility index (Phi) is 4.78. The number of rotatable bonds is 4. The summed E-state index contributed by atoms with van der Waals surface area (Å²) in [5, 5.41) is 9.96. The van der Waals surface area contributed by atoms with E-state index in [9.17, 15) is 9.50 Å². The molecule has 1 saturated heterocycles. The zero-order chi connectivity index (χ0) is 17.2. The van der Waals surface area contributed by atoms with Crippen LogP contribution in [-0.2, 0) is 11.2 Å². The molecule has 0 radical (unpaired) electrons. The predicted molar refractivity (Wildman–Crippen MR) is 89.6 cm³/mol. The molecule has 2 aromatic rings. The third kappa shape index (κ3) is 3.71. The van der Waals surface area contributed by atoms with Crippen LogP contribution in [0.4, 0.5) is 10.3 Å². The monoisotopic (exact) mass is 331 g/mol. The number of aliphatic hydroxyl groups excluding tert-OH is 1. The first-order valence-electron chi connectivity index (χ1n) is 8.06. The molecule has 0 aliphatic carbocycles. The highest BCUT2D eigenvalue weighted by Crippen LogP contribution is 2.25. The fourth-order valence-corrected chi connectivity index (χ4v) is 3.14. The van der Waals surface area contributed by atoms with Gasteiger partial charge in [0.15, 0.2) is 0 Å². The zero-order valence-electron chi connectivity index (χ0n) is 14.0. The molecule has 1 aliphatic heterocycles. The number of aryl methyl sites for hydroxylation is 2. The molecule has 6 heteroatoms. The van der Waals surface area contributed by atoms with Gasteiger partial charge in [-0.15, -0.1) is 0 Å². The topological polar surface area (TPSA) is 58.5 Å². The van der Waals surface area contributed by atoms with Crippen LogP contribution in [0.2, 0.25) is 0 Å². The van der Waals surface area contributed by atoms with Crippen LogP contribution >= 0.6 is 0 Å². The number of morpholine rings is 1. The first-order chi connectivity index (χ1) is 11.5. The normalized spacial score (nSPS) is 21.1. The van der Waals surface area contributed by atoms with Crippen molar-refractivity contribution in [2.75, 3.05) is 31.2 Å². The summed E-state index contributed by atoms with van der Waals surface area (Å²) in [7, 11) is 0. The van der Waals surface area contributed by atoms with Crippen LogP contribution < -0.4 is 4.90 Å². The summed E-state index contributed by atoms with van der Waals surface area (Å²) in [6.45, 7) is 5.31. The average molecular weight is 331 g/mol. The minimum Gasteiger partial charge on any atom is -0.393 e. The molecule has 1 aliphatic rings. The standard InChI is InChI=1S/C18H22FN3O2/c1-13-8-14(2)21-17(20-13)22-6-7-24-18(11-22,12-23)10-15-4-3-5-16(19)9-15/h3-5,8-9,23H,6-7,10-12H2,1-2H3/t18-/m0/s1. The van der Waals surface area contributed by atoms with Gasteiger partial charge < -0.3 is 14.7 Å². The van der Waals surface area contributed by atoms with E-state index in [1.807, 2.05) is 30.9 Å². The van der Waals surface area contributed by atoms with E-state index in [4.69, 9.17) is 4.74 Å². The molecule has 0 unspecified atom stereocenters. The molecule has 1 N–H and O–H groups in total. The minimum atomic E-state index is -0.785. The van der Waals surface area contributed by atoms with Crippen molar-refractivity contribution in [3.05, 3.63) is 53.1 Å². The van der Waals surface area contributed by atoms with Gasteiger partial charge in [0.1, 0.15) is 11.4 Å². The van der Waals surface area contributed by atoms with Gasteiger partial charge in [0, 0.05) is 24.4 Å². The lowest BCUT2D eigenvalue weighted by Crippen LogP contribution is -2.56. The van der Waals surface area contributed by atoms with Gasteiger partial charge in [0.25, 0.3) is 0 Å². The van der Waals surface area contributed by atoms with Crippen LogP contribution in [0.1, 0.15) is 17.0 Å². The first kappa shape index (κ1) is 16.8. The number of benzene rings is 1. The number of nitrogens with zero attached hydrogens (tertiary/aromatic N) is 3. The van der Waals surface area contributed by atoms with E-state index in [1.165, 1.54) is 12.1 Å². The molecule has 1 fully saturated rings. The molecule has 24 heavy (non-hydrogen) atoms. The summed E-state index contributed by atoms with van der Waals surface area (Å²) >= 11 is 0. The highest BCUT2D eigenvalue weighted by atomic mass is 19.1. The largest absolute Gasteiger partial charge is 0.393 e. The summed E-state index contributed by atoms with van der Waals surface area (Å²) in [4.78, 5) is 11.0. The number of aromatic nitrogens is 2. The molecule has 2 heterocycles. The second kappa shape index (κ2) is 6.83. The Balaban J connectivity index is 1.83. The van der Waals surface area contributed by atoms with E-state index in [-0.39, 0.29) is 12.4 Å². The van der Waals surface area contributed by atoms with Crippen LogP contribution in [0.3, 0.4) is 0 Å². The van der Waals surface area contributed by atoms with Gasteiger partial charge in [-0.05, 0) is 37.6 Å². The van der Waals surface area contributed by atoms with Crippen molar-refractivity contribution in [2.45, 2.75) is 25.9 Å². The van der Waals surface area contributed by atoms with Crippen LogP contribution in [0.25, 0.3) is 0 Å². The number of aliphatic hydroxyl groups is 1. The van der Waals surface area contributed by atoms with Crippen molar-refractivity contribution in [1.82, 2.24) is 9.97 Å². The highest BCUT2D eigenvalue weighted by Gasteiger charge is 2.37. The average Bonchev–Trinajstić information content (AvgIpc) is 2.54. The molecular weight excluding hydrogens is 309 g/mol. The van der Waals surface area contributed by atoms with Gasteiger partial charge >= 0.3 is 0 Å². The fourth-order valence-electron chi connectivity index (χ4n) is 3.14. The van der Waals surface area contributed by atoms with Crippen LogP contribution in [-0.4, -0.2) is 47.0 Å². The molecule has 0 bridgehead atoms. The Morgan fingerprint density at radius 1 is 1.25 bits per heavy atom. The Labute approximate surface area is 141 Å². The van der Waals surface area contributed by atoms with E-state index in [0.29, 0.717) is 32.1 Å². The number of ether oxygens (including phenoxy) is 1. The lowest BCUT2D eigenvalue weighted by Gasteiger charge is -2.42. The maximum atomic E-state index is 13.4. The molecule has 3 rings (SSSR count). The fraction of sp³-hybridized carbons (Fsp3) is 0.444. The van der Waals surface area contributed by atoms with Crippen molar-refractivity contribution in [3.8, 4) is 0 Å². The summed E-state index contributed by atoms with van der Waals surface area (Å²) in [5.74, 6) is 0.360. The molecule has 0 amide bonds. The number of anilines is 1. The number of hydrogen-bond acceptors (Lipinski definition) is 5. The predicted octanol–water partition coefficient (Wildman–Crippen LogP) is 2.04. The van der Waals surface area contributed by atoms with Crippen molar-refractivity contribution in [3.63, 3.8) is 0 Å². The quantitative estimate of drug-likeness (QED) is 0.929. The van der Waals surface area contributed by atoms with E-state index >= 15 is 0 Å². The minimum absolute atomic E-state index is 0.148. The maximum absolute atomic E-state index is 13.4. The van der Waals surface area contributed by atoms with Crippen LogP contribution in [0.5, 0.6) is 0 Å². The summed E-state index contributed by atoms with van der Waals surface area (Å²) in [5.41, 5.74) is 1.83. The molecule has 5 nitrogen and oxygen atoms in total. The second-order valence-corrected chi connectivity index (χ2v) is 6.37. The highest BCUT2D eigenvalue weighted by molar-refractivity contribution is 5.34. The first-order valence-corrected chi connectivity index (χ1v) is 8.06. The van der Waals surface area contributed by atoms with Gasteiger partial charge in [0.2, 0.25) is 5.95 Å². The van der Waals surface area contributed by atoms with Gasteiger partial charge in [-0.2, -0.15) is 0 Å². The summed E-state index contributed by atoms with van der Waals surface area (Å²) in [6, 6.07) is 8.33. The van der Waals surface area contributed by atoms with E-state index in [2.05, 4.69) is 9.97 Å². The second-order valence-electron chi connectivity index (χ2n) is 6.37. The lowest BCUT2D eigenvalue weighted by atomic mass is 9.93. The zero-order valence-corrected chi connectivity index (χ0v) is 14.0. The van der Waals surface area contributed by atoms with Gasteiger partial charge in [-0.1, -0.05) is 12.1 Å². The maximum Gasteiger partial charge on any atom is 0.225 e. The van der Waals surface area contributed by atoms with Crippen molar-refractivity contribution in [1.29, 1.82) is 0 Å². The van der Waals surface area contributed by atoms with Crippen molar-refractivity contribution < 1.29 is 14.2 Å². The van der Waals surface area contributed by atoms with Gasteiger partial charge in [0.05, 0.1) is 19.8 Å². The van der Waals surface area contributed by atoms with Crippen LogP contribution in [0, 0.1) is 19.7 Å². The Morgan fingerprint density at radius 3 is 2.67 bits per heavy atom. The van der Waals surface area contributed by atoms with Gasteiger partial charge in [-0.25, -0.2) is 14.4 Å². The summed E-state index contributed by atoms with van der Waals surface area (Å²) in [6.07, 6.45) is 0.433. The number of hydrogen-bond donors (Lipinski definition) is 1. The van der Waals surface area contributed by atoms with Crippen molar-refractivity contribution in [2.24, 2.45) is 0 Å². The molecule has 0 spiro atoms. The van der Waals surface area contributed by atoms with E-state index < -0.39 is 5.60 Å². The Morgan fingerprint density at radius 2 is 2.00 bits per heavy atom. The lowest BCUT2D eigenvalue weighted by molar-refractivity contribution is -0.0871. The van der Waals surface area contributed by atoms with E-state index in [0.717, 1.165) is 17.0 Å². The number of halogens is 1. The van der Waals surface area contributed by atoms with E-state index in [1.54, 1.807) is 6.07 Å². The molecule has 0 saturated carbocycles.